The summed E-state index contributed by atoms with van der Waals surface area (Å²) in [6, 6.07) is 18.3. The molecule has 0 amide bonds. The van der Waals surface area contributed by atoms with Gasteiger partial charge in [0.1, 0.15) is 0 Å². The third kappa shape index (κ3) is 4.07. The van der Waals surface area contributed by atoms with E-state index in [4.69, 9.17) is 0 Å². The summed E-state index contributed by atoms with van der Waals surface area (Å²) in [6.07, 6.45) is -3.35. The molecule has 1 aromatic heterocycles. The standard InChI is InChI=1S/C23H14F3IN2O2/c24-23(25,26)19-7-3-4-8-20(19)29-21(30)17-6-2-1-5-16(17)18(22(29)31)13-28-15-11-9-14(27)10-12-15/h1-13,31H. The Labute approximate surface area is 188 Å². The van der Waals surface area contributed by atoms with Gasteiger partial charge in [0.05, 0.1) is 22.5 Å². The second kappa shape index (κ2) is 8.18. The van der Waals surface area contributed by atoms with Crippen molar-refractivity contribution in [2.75, 3.05) is 0 Å². The molecule has 3 aromatic carbocycles. The average molecular weight is 534 g/mol. The third-order valence-electron chi connectivity index (χ3n) is 4.72. The molecule has 4 aromatic rings. The number of halogens is 4. The molecule has 0 saturated heterocycles. The SMILES string of the molecule is O=c1c2ccccc2c(C=Nc2ccc(I)cc2)c(O)n1-c1ccccc1C(F)(F)F. The van der Waals surface area contributed by atoms with Crippen molar-refractivity contribution >= 4 is 45.3 Å². The molecule has 0 aliphatic carbocycles. The van der Waals surface area contributed by atoms with E-state index in [1.54, 1.807) is 30.3 Å². The zero-order valence-corrected chi connectivity index (χ0v) is 17.9. The van der Waals surface area contributed by atoms with Crippen LogP contribution in [0.4, 0.5) is 18.9 Å². The zero-order chi connectivity index (χ0) is 22.2. The Balaban J connectivity index is 2.01. The van der Waals surface area contributed by atoms with E-state index in [0.29, 0.717) is 15.6 Å². The maximum absolute atomic E-state index is 13.6. The van der Waals surface area contributed by atoms with Crippen LogP contribution in [-0.2, 0) is 6.18 Å². The summed E-state index contributed by atoms with van der Waals surface area (Å²) in [5, 5.41) is 11.5. The summed E-state index contributed by atoms with van der Waals surface area (Å²) in [4.78, 5) is 17.4. The highest BCUT2D eigenvalue weighted by molar-refractivity contribution is 14.1. The van der Waals surface area contributed by atoms with Crippen molar-refractivity contribution in [1.82, 2.24) is 4.57 Å². The van der Waals surface area contributed by atoms with Gasteiger partial charge in [-0.1, -0.05) is 30.3 Å². The molecule has 0 spiro atoms. The number of nitrogens with zero attached hydrogens (tertiary/aromatic N) is 2. The van der Waals surface area contributed by atoms with Gasteiger partial charge in [0.15, 0.2) is 0 Å². The summed E-state index contributed by atoms with van der Waals surface area (Å²) in [5.41, 5.74) is -1.49. The maximum Gasteiger partial charge on any atom is 0.418 e. The van der Waals surface area contributed by atoms with Crippen molar-refractivity contribution in [3.05, 3.63) is 97.8 Å². The molecule has 1 heterocycles. The lowest BCUT2D eigenvalue weighted by atomic mass is 10.1. The number of aromatic hydroxyl groups is 1. The van der Waals surface area contributed by atoms with E-state index < -0.39 is 28.9 Å². The van der Waals surface area contributed by atoms with Crippen LogP contribution >= 0.6 is 22.6 Å². The number of hydrogen-bond donors (Lipinski definition) is 1. The van der Waals surface area contributed by atoms with Crippen LogP contribution < -0.4 is 5.56 Å². The molecule has 0 aliphatic rings. The number of hydrogen-bond acceptors (Lipinski definition) is 3. The number of rotatable bonds is 3. The second-order valence-electron chi connectivity index (χ2n) is 6.67. The zero-order valence-electron chi connectivity index (χ0n) is 15.8. The van der Waals surface area contributed by atoms with E-state index in [1.807, 2.05) is 12.1 Å². The molecule has 31 heavy (non-hydrogen) atoms. The molecule has 4 nitrogen and oxygen atoms in total. The Morgan fingerprint density at radius 1 is 0.903 bits per heavy atom. The van der Waals surface area contributed by atoms with E-state index in [0.717, 1.165) is 15.7 Å². The lowest BCUT2D eigenvalue weighted by molar-refractivity contribution is -0.137. The van der Waals surface area contributed by atoms with E-state index in [9.17, 15) is 23.1 Å². The molecule has 1 N–H and O–H groups in total. The molecule has 156 valence electrons. The third-order valence-corrected chi connectivity index (χ3v) is 5.44. The maximum atomic E-state index is 13.6. The Kier molecular flexibility index (Phi) is 5.57. The molecule has 4 rings (SSSR count). The Morgan fingerprint density at radius 2 is 1.52 bits per heavy atom. The first-order valence-electron chi connectivity index (χ1n) is 9.10. The van der Waals surface area contributed by atoms with Crippen molar-refractivity contribution < 1.29 is 18.3 Å². The molecule has 0 bridgehead atoms. The number of aromatic nitrogens is 1. The highest BCUT2D eigenvalue weighted by Crippen LogP contribution is 2.35. The van der Waals surface area contributed by atoms with Crippen molar-refractivity contribution in [3.8, 4) is 11.6 Å². The predicted octanol–water partition coefficient (Wildman–Crippen LogP) is 6.07. The molecule has 0 saturated carbocycles. The number of pyridine rings is 1. The number of para-hydroxylation sites is 1. The summed E-state index contributed by atoms with van der Waals surface area (Å²) < 4.78 is 42.5. The van der Waals surface area contributed by atoms with Gasteiger partial charge in [-0.3, -0.25) is 9.79 Å². The largest absolute Gasteiger partial charge is 0.494 e. The highest BCUT2D eigenvalue weighted by Gasteiger charge is 2.34. The number of aliphatic imine (C=N–C) groups is 1. The van der Waals surface area contributed by atoms with E-state index in [2.05, 4.69) is 27.6 Å². The van der Waals surface area contributed by atoms with Crippen LogP contribution in [0.5, 0.6) is 5.88 Å². The minimum atomic E-state index is -4.70. The van der Waals surface area contributed by atoms with Crippen LogP contribution in [0.1, 0.15) is 11.1 Å². The molecule has 0 aliphatic heterocycles. The molecule has 0 fully saturated rings. The van der Waals surface area contributed by atoms with E-state index >= 15 is 0 Å². The summed E-state index contributed by atoms with van der Waals surface area (Å²) in [7, 11) is 0. The average Bonchev–Trinajstić information content (AvgIpc) is 2.75. The quantitative estimate of drug-likeness (QED) is 0.256. The first kappa shape index (κ1) is 21.1. The van der Waals surface area contributed by atoms with Crippen molar-refractivity contribution in [2.24, 2.45) is 4.99 Å². The van der Waals surface area contributed by atoms with Gasteiger partial charge in [0.2, 0.25) is 5.88 Å². The lowest BCUT2D eigenvalue weighted by Crippen LogP contribution is -2.23. The van der Waals surface area contributed by atoms with Gasteiger partial charge in [0, 0.05) is 20.6 Å². The highest BCUT2D eigenvalue weighted by atomic mass is 127. The summed E-state index contributed by atoms with van der Waals surface area (Å²) in [5.74, 6) is -0.616. The van der Waals surface area contributed by atoms with Crippen LogP contribution in [-0.4, -0.2) is 15.9 Å². The topological polar surface area (TPSA) is 54.6 Å². The van der Waals surface area contributed by atoms with Crippen molar-refractivity contribution in [3.63, 3.8) is 0 Å². The van der Waals surface area contributed by atoms with Crippen LogP contribution in [0.15, 0.2) is 82.6 Å². The Morgan fingerprint density at radius 3 is 2.19 bits per heavy atom. The monoisotopic (exact) mass is 534 g/mol. The summed E-state index contributed by atoms with van der Waals surface area (Å²) >= 11 is 2.16. The fourth-order valence-corrected chi connectivity index (χ4v) is 3.65. The smallest absolute Gasteiger partial charge is 0.418 e. The molecule has 8 heteroatoms. The fraction of sp³-hybridized carbons (Fsp3) is 0.0435. The molecular formula is C23H14F3IN2O2. The van der Waals surface area contributed by atoms with Crippen LogP contribution in [0, 0.1) is 3.57 Å². The number of fused-ring (bicyclic) bond motifs is 1. The van der Waals surface area contributed by atoms with E-state index in [-0.39, 0.29) is 10.9 Å². The van der Waals surface area contributed by atoms with Gasteiger partial charge >= 0.3 is 6.18 Å². The van der Waals surface area contributed by atoms with Crippen LogP contribution in [0.3, 0.4) is 0 Å². The molecule has 0 unspecified atom stereocenters. The van der Waals surface area contributed by atoms with Gasteiger partial charge < -0.3 is 5.11 Å². The molecule has 0 radical (unpaired) electrons. The number of alkyl halides is 3. The Hall–Kier alpha value is -3.14. The van der Waals surface area contributed by atoms with Crippen molar-refractivity contribution in [2.45, 2.75) is 6.18 Å². The fourth-order valence-electron chi connectivity index (χ4n) is 3.29. The van der Waals surface area contributed by atoms with Gasteiger partial charge in [0.25, 0.3) is 5.56 Å². The van der Waals surface area contributed by atoms with Crippen LogP contribution in [0.2, 0.25) is 0 Å². The van der Waals surface area contributed by atoms with Crippen molar-refractivity contribution in [1.29, 1.82) is 0 Å². The minimum Gasteiger partial charge on any atom is -0.494 e. The molecular weight excluding hydrogens is 520 g/mol. The predicted molar refractivity (Wildman–Crippen MR) is 123 cm³/mol. The minimum absolute atomic E-state index is 0.144. The number of benzene rings is 3. The van der Waals surface area contributed by atoms with Crippen LogP contribution in [0.25, 0.3) is 16.5 Å². The van der Waals surface area contributed by atoms with E-state index in [1.165, 1.54) is 24.4 Å². The first-order chi connectivity index (χ1) is 14.8. The normalized spacial score (nSPS) is 12.0. The molecule has 0 atom stereocenters. The Bertz CT molecular complexity index is 1360. The first-order valence-corrected chi connectivity index (χ1v) is 10.2. The lowest BCUT2D eigenvalue weighted by Gasteiger charge is -2.18. The van der Waals surface area contributed by atoms with Gasteiger partial charge in [-0.05, 0) is 65.1 Å². The van der Waals surface area contributed by atoms with Gasteiger partial charge in [-0.25, -0.2) is 4.57 Å². The summed E-state index contributed by atoms with van der Waals surface area (Å²) in [6.45, 7) is 0. The second-order valence-corrected chi connectivity index (χ2v) is 7.92. The van der Waals surface area contributed by atoms with Gasteiger partial charge in [-0.15, -0.1) is 0 Å². The van der Waals surface area contributed by atoms with Gasteiger partial charge in [-0.2, -0.15) is 13.2 Å².